The number of benzene rings is 2. The van der Waals surface area contributed by atoms with Crippen molar-refractivity contribution in [1.29, 1.82) is 0 Å². The van der Waals surface area contributed by atoms with E-state index in [0.717, 1.165) is 11.1 Å². The molecule has 0 saturated heterocycles. The summed E-state index contributed by atoms with van der Waals surface area (Å²) in [5, 5.41) is 3.97. The van der Waals surface area contributed by atoms with Gasteiger partial charge in [-0.1, -0.05) is 35.5 Å². The van der Waals surface area contributed by atoms with Crippen molar-refractivity contribution >= 4 is 5.91 Å². The lowest BCUT2D eigenvalue weighted by molar-refractivity contribution is 0.0705. The van der Waals surface area contributed by atoms with Crippen molar-refractivity contribution in [1.82, 2.24) is 10.1 Å². The predicted octanol–water partition coefficient (Wildman–Crippen LogP) is 5.53. The summed E-state index contributed by atoms with van der Waals surface area (Å²) in [4.78, 5) is 14.7. The Kier molecular flexibility index (Phi) is 5.48. The minimum atomic E-state index is -0.370. The number of carbonyl (C=O) groups excluding carboxylic acids is 1. The van der Waals surface area contributed by atoms with Gasteiger partial charge in [0.25, 0.3) is 5.91 Å². The summed E-state index contributed by atoms with van der Waals surface area (Å²) >= 11 is 0. The topological polar surface area (TPSA) is 59.5 Å². The van der Waals surface area contributed by atoms with Gasteiger partial charge in [0.15, 0.2) is 11.5 Å². The lowest BCUT2D eigenvalue weighted by Crippen LogP contribution is -2.30. The Morgan fingerprint density at radius 2 is 1.83 bits per heavy atom. The van der Waals surface area contributed by atoms with Gasteiger partial charge in [0, 0.05) is 23.7 Å². The number of rotatable bonds is 6. The number of nitrogens with zero attached hydrogens (tertiary/aromatic N) is 2. The SMILES string of the molecule is Cc1ccc(-c2cc(C(=O)N(Cc3ccco3)Cc3ccccc3F)no2)cc1C. The Morgan fingerprint density at radius 1 is 1.00 bits per heavy atom. The molecule has 152 valence electrons. The Morgan fingerprint density at radius 3 is 2.57 bits per heavy atom. The average Bonchev–Trinajstić information content (AvgIpc) is 3.43. The van der Waals surface area contributed by atoms with Crippen molar-refractivity contribution in [3.8, 4) is 11.3 Å². The number of hydrogen-bond acceptors (Lipinski definition) is 4. The quantitative estimate of drug-likeness (QED) is 0.424. The zero-order valence-electron chi connectivity index (χ0n) is 16.8. The lowest BCUT2D eigenvalue weighted by Gasteiger charge is -2.21. The summed E-state index contributed by atoms with van der Waals surface area (Å²) in [5.41, 5.74) is 3.71. The summed E-state index contributed by atoms with van der Waals surface area (Å²) in [5.74, 6) is 0.363. The van der Waals surface area contributed by atoms with Crippen LogP contribution >= 0.6 is 0 Å². The zero-order valence-corrected chi connectivity index (χ0v) is 16.8. The summed E-state index contributed by atoms with van der Waals surface area (Å²) in [6.07, 6.45) is 1.54. The molecule has 0 N–H and O–H groups in total. The average molecular weight is 404 g/mol. The number of furan rings is 1. The fourth-order valence-corrected chi connectivity index (χ4v) is 3.19. The van der Waals surface area contributed by atoms with Crippen molar-refractivity contribution in [3.05, 3.63) is 101 Å². The van der Waals surface area contributed by atoms with E-state index in [1.54, 1.807) is 36.4 Å². The molecule has 2 heterocycles. The van der Waals surface area contributed by atoms with Crippen molar-refractivity contribution in [2.24, 2.45) is 0 Å². The Balaban J connectivity index is 1.62. The number of halogens is 1. The first-order valence-electron chi connectivity index (χ1n) is 9.60. The first kappa shape index (κ1) is 19.6. The Labute approximate surface area is 173 Å². The lowest BCUT2D eigenvalue weighted by atomic mass is 10.0. The highest BCUT2D eigenvalue weighted by Crippen LogP contribution is 2.24. The molecule has 6 heteroatoms. The summed E-state index contributed by atoms with van der Waals surface area (Å²) < 4.78 is 25.0. The second-order valence-electron chi connectivity index (χ2n) is 7.21. The summed E-state index contributed by atoms with van der Waals surface area (Å²) in [7, 11) is 0. The molecule has 0 spiro atoms. The Bertz CT molecular complexity index is 1160. The third-order valence-electron chi connectivity index (χ3n) is 5.05. The fraction of sp³-hybridized carbons (Fsp3) is 0.167. The number of aryl methyl sites for hydroxylation is 2. The van der Waals surface area contributed by atoms with Crippen LogP contribution in [-0.2, 0) is 13.1 Å². The van der Waals surface area contributed by atoms with Crippen molar-refractivity contribution in [3.63, 3.8) is 0 Å². The maximum absolute atomic E-state index is 14.2. The normalized spacial score (nSPS) is 10.9. The van der Waals surface area contributed by atoms with Crippen molar-refractivity contribution in [2.75, 3.05) is 0 Å². The van der Waals surface area contributed by atoms with Crippen LogP contribution in [0.1, 0.15) is 32.9 Å². The fourth-order valence-electron chi connectivity index (χ4n) is 3.19. The van der Waals surface area contributed by atoms with Gasteiger partial charge in [-0.3, -0.25) is 4.79 Å². The van der Waals surface area contributed by atoms with E-state index in [1.165, 1.54) is 22.8 Å². The third-order valence-corrected chi connectivity index (χ3v) is 5.05. The van der Waals surface area contributed by atoms with E-state index in [9.17, 15) is 9.18 Å². The van der Waals surface area contributed by atoms with Gasteiger partial charge in [-0.2, -0.15) is 0 Å². The van der Waals surface area contributed by atoms with Crippen LogP contribution in [0.3, 0.4) is 0 Å². The van der Waals surface area contributed by atoms with Crippen LogP contribution in [0.15, 0.2) is 75.9 Å². The highest BCUT2D eigenvalue weighted by molar-refractivity contribution is 5.93. The van der Waals surface area contributed by atoms with Gasteiger partial charge in [-0.25, -0.2) is 4.39 Å². The molecule has 2 aromatic carbocycles. The van der Waals surface area contributed by atoms with E-state index in [0.29, 0.717) is 17.1 Å². The number of hydrogen-bond donors (Lipinski definition) is 0. The van der Waals surface area contributed by atoms with Gasteiger partial charge in [-0.15, -0.1) is 0 Å². The Hall–Kier alpha value is -3.67. The molecular formula is C24H21FN2O3. The maximum Gasteiger partial charge on any atom is 0.276 e. The van der Waals surface area contributed by atoms with Gasteiger partial charge in [-0.05, 0) is 49.2 Å². The highest BCUT2D eigenvalue weighted by atomic mass is 19.1. The molecule has 0 saturated carbocycles. The standard InChI is InChI=1S/C24H21FN2O3/c1-16-9-10-18(12-17(16)2)23-13-22(26-30-23)24(28)27(15-20-7-5-11-29-20)14-19-6-3-4-8-21(19)25/h3-13H,14-15H2,1-2H3. The van der Waals surface area contributed by atoms with Gasteiger partial charge in [0.2, 0.25) is 0 Å². The first-order chi connectivity index (χ1) is 14.5. The van der Waals surface area contributed by atoms with Crippen molar-refractivity contribution in [2.45, 2.75) is 26.9 Å². The highest BCUT2D eigenvalue weighted by Gasteiger charge is 2.23. The monoisotopic (exact) mass is 404 g/mol. The maximum atomic E-state index is 14.2. The largest absolute Gasteiger partial charge is 0.467 e. The molecule has 30 heavy (non-hydrogen) atoms. The van der Waals surface area contributed by atoms with Crippen LogP contribution in [0, 0.1) is 19.7 Å². The number of aromatic nitrogens is 1. The molecule has 4 rings (SSSR count). The third kappa shape index (κ3) is 4.17. The predicted molar refractivity (Wildman–Crippen MR) is 110 cm³/mol. The number of carbonyl (C=O) groups is 1. The van der Waals surface area contributed by atoms with Crippen LogP contribution in [-0.4, -0.2) is 16.0 Å². The second-order valence-corrected chi connectivity index (χ2v) is 7.21. The second kappa shape index (κ2) is 8.37. The molecule has 0 bridgehead atoms. The van der Waals surface area contributed by atoms with Crippen LogP contribution < -0.4 is 0 Å². The molecule has 0 aliphatic heterocycles. The molecule has 1 amide bonds. The van der Waals surface area contributed by atoms with E-state index in [1.807, 2.05) is 32.0 Å². The van der Waals surface area contributed by atoms with Crippen molar-refractivity contribution < 1.29 is 18.1 Å². The molecular weight excluding hydrogens is 383 g/mol. The minimum absolute atomic E-state index is 0.0814. The summed E-state index contributed by atoms with van der Waals surface area (Å²) in [6.45, 7) is 4.31. The molecule has 0 radical (unpaired) electrons. The van der Waals surface area contributed by atoms with Crippen LogP contribution in [0.5, 0.6) is 0 Å². The van der Waals surface area contributed by atoms with Crippen LogP contribution in [0.2, 0.25) is 0 Å². The smallest absolute Gasteiger partial charge is 0.276 e. The molecule has 5 nitrogen and oxygen atoms in total. The van der Waals surface area contributed by atoms with Gasteiger partial charge < -0.3 is 13.8 Å². The van der Waals surface area contributed by atoms with E-state index < -0.39 is 0 Å². The van der Waals surface area contributed by atoms with E-state index in [2.05, 4.69) is 5.16 Å². The molecule has 2 aromatic heterocycles. The summed E-state index contributed by atoms with van der Waals surface area (Å²) in [6, 6.07) is 17.4. The van der Waals surface area contributed by atoms with E-state index >= 15 is 0 Å². The van der Waals surface area contributed by atoms with Gasteiger partial charge >= 0.3 is 0 Å². The van der Waals surface area contributed by atoms with Gasteiger partial charge in [0.1, 0.15) is 11.6 Å². The molecule has 0 aliphatic carbocycles. The molecule has 0 atom stereocenters. The minimum Gasteiger partial charge on any atom is -0.467 e. The molecule has 0 unspecified atom stereocenters. The molecule has 4 aromatic rings. The van der Waals surface area contributed by atoms with E-state index in [4.69, 9.17) is 8.94 Å². The van der Waals surface area contributed by atoms with E-state index in [-0.39, 0.29) is 30.5 Å². The molecule has 0 aliphatic rings. The number of amides is 1. The first-order valence-corrected chi connectivity index (χ1v) is 9.60. The van der Waals surface area contributed by atoms with Gasteiger partial charge in [0.05, 0.1) is 12.8 Å². The zero-order chi connectivity index (χ0) is 21.1. The van der Waals surface area contributed by atoms with Crippen LogP contribution in [0.25, 0.3) is 11.3 Å². The molecule has 0 fully saturated rings. The van der Waals surface area contributed by atoms with Crippen LogP contribution in [0.4, 0.5) is 4.39 Å².